The molecule has 0 aromatic rings. The van der Waals surface area contributed by atoms with Crippen molar-refractivity contribution in [3.8, 4) is 0 Å². The second kappa shape index (κ2) is 16.8. The summed E-state index contributed by atoms with van der Waals surface area (Å²) in [6, 6.07) is 0. The molecular formula is C21H34O5. The number of methoxy groups -OCH3 is 1. The van der Waals surface area contributed by atoms with E-state index < -0.39 is 18.3 Å². The summed E-state index contributed by atoms with van der Waals surface area (Å²) in [5, 5.41) is 29.3. The topological polar surface area (TPSA) is 87.0 Å². The second-order valence-corrected chi connectivity index (χ2v) is 6.13. The van der Waals surface area contributed by atoms with E-state index in [1.54, 1.807) is 24.3 Å². The fourth-order valence-corrected chi connectivity index (χ4v) is 2.18. The molecule has 0 rings (SSSR count). The fourth-order valence-electron chi connectivity index (χ4n) is 2.18. The van der Waals surface area contributed by atoms with Crippen LogP contribution in [0.2, 0.25) is 0 Å². The molecule has 148 valence electrons. The van der Waals surface area contributed by atoms with Crippen molar-refractivity contribution >= 4 is 5.97 Å². The SMILES string of the molecule is CCCCC[C@H](O)C=CC=CC=CC=C[C@@H](O)[C@@H](O)CCCC(=O)OC. The van der Waals surface area contributed by atoms with Crippen LogP contribution in [0.3, 0.4) is 0 Å². The van der Waals surface area contributed by atoms with Gasteiger partial charge in [-0.15, -0.1) is 0 Å². The molecule has 0 aromatic heterocycles. The lowest BCUT2D eigenvalue weighted by atomic mass is 10.1. The van der Waals surface area contributed by atoms with E-state index in [2.05, 4.69) is 11.7 Å². The third kappa shape index (κ3) is 14.6. The van der Waals surface area contributed by atoms with E-state index in [1.807, 2.05) is 18.2 Å². The van der Waals surface area contributed by atoms with Crippen molar-refractivity contribution in [2.75, 3.05) is 7.11 Å². The highest BCUT2D eigenvalue weighted by Crippen LogP contribution is 2.07. The number of aliphatic hydroxyl groups is 3. The van der Waals surface area contributed by atoms with Crippen LogP contribution in [-0.2, 0) is 9.53 Å². The quantitative estimate of drug-likeness (QED) is 0.250. The summed E-state index contributed by atoms with van der Waals surface area (Å²) in [6.07, 6.45) is 16.8. The molecule has 0 spiro atoms. The summed E-state index contributed by atoms with van der Waals surface area (Å²) < 4.78 is 4.52. The van der Waals surface area contributed by atoms with Crippen LogP contribution in [0.1, 0.15) is 51.9 Å². The van der Waals surface area contributed by atoms with Crippen LogP contribution in [0, 0.1) is 0 Å². The van der Waals surface area contributed by atoms with Crippen molar-refractivity contribution in [1.82, 2.24) is 0 Å². The number of aliphatic hydroxyl groups excluding tert-OH is 3. The van der Waals surface area contributed by atoms with Crippen LogP contribution in [0.4, 0.5) is 0 Å². The fraction of sp³-hybridized carbons (Fsp3) is 0.571. The Labute approximate surface area is 157 Å². The van der Waals surface area contributed by atoms with Crippen molar-refractivity contribution in [2.24, 2.45) is 0 Å². The van der Waals surface area contributed by atoms with Crippen molar-refractivity contribution < 1.29 is 24.9 Å². The Bertz CT molecular complexity index is 465. The molecule has 0 saturated heterocycles. The number of unbranched alkanes of at least 4 members (excludes halogenated alkanes) is 2. The highest BCUT2D eigenvalue weighted by molar-refractivity contribution is 5.68. The van der Waals surface area contributed by atoms with Gasteiger partial charge in [0.15, 0.2) is 0 Å². The Morgan fingerprint density at radius 3 is 2.12 bits per heavy atom. The molecule has 0 bridgehead atoms. The number of rotatable bonds is 14. The van der Waals surface area contributed by atoms with Crippen molar-refractivity contribution in [3.05, 3.63) is 48.6 Å². The molecule has 0 unspecified atom stereocenters. The highest BCUT2D eigenvalue weighted by atomic mass is 16.5. The van der Waals surface area contributed by atoms with Gasteiger partial charge in [-0.1, -0.05) is 74.8 Å². The maximum absolute atomic E-state index is 11.0. The molecule has 5 heteroatoms. The molecule has 26 heavy (non-hydrogen) atoms. The summed E-state index contributed by atoms with van der Waals surface area (Å²) >= 11 is 0. The largest absolute Gasteiger partial charge is 0.469 e. The molecule has 0 aliphatic rings. The normalized spacial score (nSPS) is 16.0. The molecule has 0 aromatic carbocycles. The Kier molecular flexibility index (Phi) is 15.7. The molecule has 5 nitrogen and oxygen atoms in total. The minimum Gasteiger partial charge on any atom is -0.469 e. The van der Waals surface area contributed by atoms with Gasteiger partial charge < -0.3 is 20.1 Å². The highest BCUT2D eigenvalue weighted by Gasteiger charge is 2.13. The summed E-state index contributed by atoms with van der Waals surface area (Å²) in [4.78, 5) is 11.0. The number of carbonyl (C=O) groups excluding carboxylic acids is 1. The zero-order valence-corrected chi connectivity index (χ0v) is 16.0. The maximum Gasteiger partial charge on any atom is 0.305 e. The van der Waals surface area contributed by atoms with Gasteiger partial charge in [-0.3, -0.25) is 4.79 Å². The predicted molar refractivity (Wildman–Crippen MR) is 105 cm³/mol. The third-order valence-electron chi connectivity index (χ3n) is 3.80. The van der Waals surface area contributed by atoms with Gasteiger partial charge in [0.2, 0.25) is 0 Å². The van der Waals surface area contributed by atoms with Crippen LogP contribution >= 0.6 is 0 Å². The van der Waals surface area contributed by atoms with Gasteiger partial charge in [0, 0.05) is 6.42 Å². The van der Waals surface area contributed by atoms with Crippen molar-refractivity contribution in [1.29, 1.82) is 0 Å². The molecule has 0 amide bonds. The first kappa shape index (κ1) is 24.3. The zero-order valence-electron chi connectivity index (χ0n) is 16.0. The van der Waals surface area contributed by atoms with E-state index >= 15 is 0 Å². The molecule has 3 atom stereocenters. The van der Waals surface area contributed by atoms with E-state index in [1.165, 1.54) is 13.2 Å². The van der Waals surface area contributed by atoms with Gasteiger partial charge in [-0.25, -0.2) is 0 Å². The average molecular weight is 366 g/mol. The van der Waals surface area contributed by atoms with Crippen LogP contribution in [0.25, 0.3) is 0 Å². The Hall–Kier alpha value is -1.69. The average Bonchev–Trinajstić information content (AvgIpc) is 2.63. The lowest BCUT2D eigenvalue weighted by Crippen LogP contribution is -2.23. The first-order chi connectivity index (χ1) is 12.5. The zero-order chi connectivity index (χ0) is 19.6. The van der Waals surface area contributed by atoms with Gasteiger partial charge >= 0.3 is 5.97 Å². The van der Waals surface area contributed by atoms with E-state index in [0.717, 1.165) is 25.7 Å². The van der Waals surface area contributed by atoms with Crippen LogP contribution < -0.4 is 0 Å². The lowest BCUT2D eigenvalue weighted by Gasteiger charge is -2.13. The Morgan fingerprint density at radius 1 is 0.885 bits per heavy atom. The lowest BCUT2D eigenvalue weighted by molar-refractivity contribution is -0.140. The summed E-state index contributed by atoms with van der Waals surface area (Å²) in [7, 11) is 1.32. The second-order valence-electron chi connectivity index (χ2n) is 6.13. The number of ether oxygens (including phenoxy) is 1. The maximum atomic E-state index is 11.0. The first-order valence-corrected chi connectivity index (χ1v) is 9.30. The monoisotopic (exact) mass is 366 g/mol. The third-order valence-corrected chi connectivity index (χ3v) is 3.80. The van der Waals surface area contributed by atoms with Gasteiger partial charge in [-0.05, 0) is 19.3 Å². The van der Waals surface area contributed by atoms with E-state index in [-0.39, 0.29) is 12.4 Å². The summed E-state index contributed by atoms with van der Waals surface area (Å²) in [5.41, 5.74) is 0. The number of esters is 1. The number of carbonyl (C=O) groups is 1. The number of allylic oxidation sites excluding steroid dienone is 6. The molecule has 0 aliphatic heterocycles. The summed E-state index contributed by atoms with van der Waals surface area (Å²) in [6.45, 7) is 2.14. The molecule has 3 N–H and O–H groups in total. The van der Waals surface area contributed by atoms with Crippen LogP contribution in [0.15, 0.2) is 48.6 Å². The minimum absolute atomic E-state index is 0.232. The van der Waals surface area contributed by atoms with Gasteiger partial charge in [0.25, 0.3) is 0 Å². The van der Waals surface area contributed by atoms with Gasteiger partial charge in [0.1, 0.15) is 0 Å². The predicted octanol–water partition coefficient (Wildman–Crippen LogP) is 3.22. The van der Waals surface area contributed by atoms with Gasteiger partial charge in [-0.2, -0.15) is 0 Å². The van der Waals surface area contributed by atoms with E-state index in [9.17, 15) is 20.1 Å². The standard InChI is InChI=1S/C21H34O5/c1-3-4-9-13-18(22)14-10-7-5-6-8-11-15-19(23)20(24)16-12-17-21(25)26-2/h5-8,10-11,14-15,18-20,22-24H,3-4,9,12-13,16-17H2,1-2H3/t18-,19+,20-/m0/s1. The van der Waals surface area contributed by atoms with Crippen molar-refractivity contribution in [3.63, 3.8) is 0 Å². The van der Waals surface area contributed by atoms with Crippen LogP contribution in [0.5, 0.6) is 0 Å². The number of hydrogen-bond donors (Lipinski definition) is 3. The van der Waals surface area contributed by atoms with Crippen LogP contribution in [-0.4, -0.2) is 46.7 Å². The van der Waals surface area contributed by atoms with E-state index in [4.69, 9.17) is 0 Å². The molecule has 0 fully saturated rings. The molecule has 0 heterocycles. The smallest absolute Gasteiger partial charge is 0.305 e. The van der Waals surface area contributed by atoms with Crippen molar-refractivity contribution in [2.45, 2.75) is 70.2 Å². The first-order valence-electron chi connectivity index (χ1n) is 9.30. The molecule has 0 aliphatic carbocycles. The Morgan fingerprint density at radius 2 is 1.50 bits per heavy atom. The molecular weight excluding hydrogens is 332 g/mol. The summed E-state index contributed by atoms with van der Waals surface area (Å²) in [5.74, 6) is -0.320. The number of hydrogen-bond acceptors (Lipinski definition) is 5. The van der Waals surface area contributed by atoms with E-state index in [0.29, 0.717) is 12.8 Å². The minimum atomic E-state index is -0.973. The molecule has 0 radical (unpaired) electrons. The van der Waals surface area contributed by atoms with Gasteiger partial charge in [0.05, 0.1) is 25.4 Å². The molecule has 0 saturated carbocycles. The Balaban J connectivity index is 3.98.